The Morgan fingerprint density at radius 2 is 1.85 bits per heavy atom. The molecule has 0 atom stereocenters. The first kappa shape index (κ1) is 19.4. The minimum absolute atomic E-state index is 0.165. The van der Waals surface area contributed by atoms with Crippen molar-refractivity contribution in [2.45, 2.75) is 39.7 Å². The first-order valence-corrected chi connectivity index (χ1v) is 9.59. The molecule has 1 amide bonds. The lowest BCUT2D eigenvalue weighted by atomic mass is 10.1. The van der Waals surface area contributed by atoms with Crippen LogP contribution < -0.4 is 4.74 Å². The molecule has 1 saturated heterocycles. The van der Waals surface area contributed by atoms with Crippen molar-refractivity contribution in [3.8, 4) is 5.75 Å². The number of carbonyl (C=O) groups excluding carboxylic acids is 1. The summed E-state index contributed by atoms with van der Waals surface area (Å²) in [6, 6.07) is 7.75. The van der Waals surface area contributed by atoms with Crippen LogP contribution in [-0.2, 0) is 17.8 Å². The predicted molar refractivity (Wildman–Crippen MR) is 102 cm³/mol. The third kappa shape index (κ3) is 5.29. The number of rotatable bonds is 7. The van der Waals surface area contributed by atoms with E-state index in [2.05, 4.69) is 15.1 Å². The number of hydrogen-bond acceptors (Lipinski definition) is 6. The molecule has 2 heterocycles. The predicted octanol–water partition coefficient (Wildman–Crippen LogP) is 2.48. The third-order valence-corrected chi connectivity index (χ3v) is 4.65. The van der Waals surface area contributed by atoms with Gasteiger partial charge in [0.25, 0.3) is 0 Å². The van der Waals surface area contributed by atoms with Crippen molar-refractivity contribution in [1.82, 2.24) is 20.0 Å². The molecule has 3 rings (SSSR count). The first-order chi connectivity index (χ1) is 13.0. The summed E-state index contributed by atoms with van der Waals surface area (Å²) < 4.78 is 11.1. The summed E-state index contributed by atoms with van der Waals surface area (Å²) in [6.07, 6.45) is 0.424. The molecule has 7 nitrogen and oxygen atoms in total. The lowest BCUT2D eigenvalue weighted by Gasteiger charge is -2.34. The Bertz CT molecular complexity index is 734. The van der Waals surface area contributed by atoms with Crippen LogP contribution in [0, 0.1) is 0 Å². The van der Waals surface area contributed by atoms with Crippen LogP contribution in [0.5, 0.6) is 5.75 Å². The molecular weight excluding hydrogens is 344 g/mol. The van der Waals surface area contributed by atoms with Gasteiger partial charge < -0.3 is 14.1 Å². The average Bonchev–Trinajstić information content (AvgIpc) is 3.13. The van der Waals surface area contributed by atoms with Crippen molar-refractivity contribution in [2.24, 2.45) is 0 Å². The first-order valence-electron chi connectivity index (χ1n) is 9.59. The molecule has 2 aromatic rings. The fourth-order valence-corrected chi connectivity index (χ4v) is 3.07. The summed E-state index contributed by atoms with van der Waals surface area (Å²) >= 11 is 0. The van der Waals surface area contributed by atoms with E-state index in [9.17, 15) is 4.79 Å². The Labute approximate surface area is 160 Å². The molecule has 1 aromatic carbocycles. The highest BCUT2D eigenvalue weighted by molar-refractivity contribution is 5.78. The Balaban J connectivity index is 1.45. The van der Waals surface area contributed by atoms with E-state index in [4.69, 9.17) is 9.15 Å². The SMILES string of the molecule is CCOc1ccc(CC(=O)N2CCN(Cc3nnc(C(C)C)o3)CC2)cc1. The van der Waals surface area contributed by atoms with E-state index in [0.717, 1.165) is 37.5 Å². The van der Waals surface area contributed by atoms with Crippen LogP contribution >= 0.6 is 0 Å². The van der Waals surface area contributed by atoms with Crippen LogP contribution in [0.1, 0.15) is 44.0 Å². The second kappa shape index (κ2) is 8.99. The summed E-state index contributed by atoms with van der Waals surface area (Å²) in [6.45, 7) is 10.4. The number of ether oxygens (including phenoxy) is 1. The maximum atomic E-state index is 12.6. The highest BCUT2D eigenvalue weighted by atomic mass is 16.5. The van der Waals surface area contributed by atoms with Gasteiger partial charge in [-0.15, -0.1) is 10.2 Å². The van der Waals surface area contributed by atoms with Crippen molar-refractivity contribution in [2.75, 3.05) is 32.8 Å². The van der Waals surface area contributed by atoms with Gasteiger partial charge >= 0.3 is 0 Å². The quantitative estimate of drug-likeness (QED) is 0.744. The van der Waals surface area contributed by atoms with Gasteiger partial charge in [-0.05, 0) is 24.6 Å². The van der Waals surface area contributed by atoms with Crippen molar-refractivity contribution < 1.29 is 13.9 Å². The van der Waals surface area contributed by atoms with E-state index >= 15 is 0 Å². The Hall–Kier alpha value is -2.41. The lowest BCUT2D eigenvalue weighted by molar-refractivity contribution is -0.132. The molecule has 1 aliphatic rings. The minimum atomic E-state index is 0.165. The van der Waals surface area contributed by atoms with Gasteiger partial charge in [-0.2, -0.15) is 0 Å². The van der Waals surface area contributed by atoms with Crippen LogP contribution in [0.2, 0.25) is 0 Å². The van der Waals surface area contributed by atoms with Crippen molar-refractivity contribution >= 4 is 5.91 Å². The molecule has 1 aliphatic heterocycles. The molecule has 0 N–H and O–H groups in total. The van der Waals surface area contributed by atoms with Crippen LogP contribution in [0.3, 0.4) is 0 Å². The van der Waals surface area contributed by atoms with Gasteiger partial charge in [0.2, 0.25) is 17.7 Å². The largest absolute Gasteiger partial charge is 0.494 e. The normalized spacial score (nSPS) is 15.3. The number of nitrogens with zero attached hydrogens (tertiary/aromatic N) is 4. The van der Waals surface area contributed by atoms with E-state index < -0.39 is 0 Å². The number of benzene rings is 1. The maximum Gasteiger partial charge on any atom is 0.230 e. The minimum Gasteiger partial charge on any atom is -0.494 e. The van der Waals surface area contributed by atoms with Crippen molar-refractivity contribution in [3.05, 3.63) is 41.6 Å². The molecule has 1 fully saturated rings. The average molecular weight is 372 g/mol. The second-order valence-electron chi connectivity index (χ2n) is 7.10. The smallest absolute Gasteiger partial charge is 0.230 e. The van der Waals surface area contributed by atoms with Gasteiger partial charge in [0.15, 0.2) is 0 Å². The van der Waals surface area contributed by atoms with E-state index in [1.807, 2.05) is 49.9 Å². The third-order valence-electron chi connectivity index (χ3n) is 4.65. The number of hydrogen-bond donors (Lipinski definition) is 0. The lowest BCUT2D eigenvalue weighted by Crippen LogP contribution is -2.48. The molecule has 0 radical (unpaired) electrons. The Kier molecular flexibility index (Phi) is 6.45. The van der Waals surface area contributed by atoms with Crippen molar-refractivity contribution in [3.63, 3.8) is 0 Å². The van der Waals surface area contributed by atoms with Crippen molar-refractivity contribution in [1.29, 1.82) is 0 Å². The number of aromatic nitrogens is 2. The standard InChI is InChI=1S/C20H28N4O3/c1-4-26-17-7-5-16(6-8-17)13-19(25)24-11-9-23(10-12-24)14-18-21-22-20(27-18)15(2)3/h5-8,15H,4,9-14H2,1-3H3. The summed E-state index contributed by atoms with van der Waals surface area (Å²) in [4.78, 5) is 16.7. The summed E-state index contributed by atoms with van der Waals surface area (Å²) in [5, 5.41) is 8.18. The summed E-state index contributed by atoms with van der Waals surface area (Å²) in [5.41, 5.74) is 1.01. The molecule has 146 valence electrons. The van der Waals surface area contributed by atoms with Crippen LogP contribution in [0.4, 0.5) is 0 Å². The van der Waals surface area contributed by atoms with Crippen LogP contribution in [0.25, 0.3) is 0 Å². The monoisotopic (exact) mass is 372 g/mol. The van der Waals surface area contributed by atoms with E-state index in [1.54, 1.807) is 0 Å². The molecule has 0 bridgehead atoms. The topological polar surface area (TPSA) is 71.7 Å². The van der Waals surface area contributed by atoms with Crippen LogP contribution in [0.15, 0.2) is 28.7 Å². The fourth-order valence-electron chi connectivity index (χ4n) is 3.07. The molecule has 7 heteroatoms. The molecule has 0 aliphatic carbocycles. The fraction of sp³-hybridized carbons (Fsp3) is 0.550. The van der Waals surface area contributed by atoms with Gasteiger partial charge in [0, 0.05) is 32.1 Å². The van der Waals surface area contributed by atoms with E-state index in [0.29, 0.717) is 31.4 Å². The van der Waals surface area contributed by atoms with E-state index in [-0.39, 0.29) is 11.8 Å². The second-order valence-corrected chi connectivity index (χ2v) is 7.10. The maximum absolute atomic E-state index is 12.6. The molecule has 0 unspecified atom stereocenters. The summed E-state index contributed by atoms with van der Waals surface area (Å²) in [7, 11) is 0. The molecular formula is C20H28N4O3. The number of carbonyl (C=O) groups is 1. The Morgan fingerprint density at radius 1 is 1.15 bits per heavy atom. The summed E-state index contributed by atoms with van der Waals surface area (Å²) in [5.74, 6) is 2.56. The van der Waals surface area contributed by atoms with E-state index in [1.165, 1.54) is 0 Å². The van der Waals surface area contributed by atoms with Gasteiger partial charge in [-0.25, -0.2) is 0 Å². The molecule has 1 aromatic heterocycles. The molecule has 0 saturated carbocycles. The van der Waals surface area contributed by atoms with Gasteiger partial charge in [0.05, 0.1) is 19.6 Å². The zero-order valence-corrected chi connectivity index (χ0v) is 16.4. The molecule has 27 heavy (non-hydrogen) atoms. The zero-order chi connectivity index (χ0) is 19.2. The van der Waals surface area contributed by atoms with Crippen LogP contribution in [-0.4, -0.2) is 58.7 Å². The number of piperazine rings is 1. The van der Waals surface area contributed by atoms with Gasteiger partial charge in [-0.1, -0.05) is 26.0 Å². The highest BCUT2D eigenvalue weighted by Crippen LogP contribution is 2.16. The zero-order valence-electron chi connectivity index (χ0n) is 16.4. The molecule has 0 spiro atoms. The van der Waals surface area contributed by atoms with Gasteiger partial charge in [-0.3, -0.25) is 9.69 Å². The number of amides is 1. The van der Waals surface area contributed by atoms with Gasteiger partial charge in [0.1, 0.15) is 5.75 Å². The highest BCUT2D eigenvalue weighted by Gasteiger charge is 2.22. The Morgan fingerprint density at radius 3 is 2.44 bits per heavy atom.